The average molecular weight is 359 g/mol. The van der Waals surface area contributed by atoms with E-state index in [1.807, 2.05) is 37.6 Å². The van der Waals surface area contributed by atoms with Crippen LogP contribution in [0.2, 0.25) is 0 Å². The number of pyridine rings is 3. The summed E-state index contributed by atoms with van der Waals surface area (Å²) in [4.78, 5) is 15.7. The molecule has 0 amide bonds. The van der Waals surface area contributed by atoms with Gasteiger partial charge in [-0.25, -0.2) is 9.97 Å². The molecular weight excluding hydrogens is 334 g/mol. The van der Waals surface area contributed by atoms with Crippen LogP contribution < -0.4 is 5.32 Å². The van der Waals surface area contributed by atoms with Crippen molar-refractivity contribution >= 4 is 11.6 Å². The van der Waals surface area contributed by atoms with Crippen LogP contribution in [0, 0.1) is 6.92 Å². The summed E-state index contributed by atoms with van der Waals surface area (Å²) in [6.45, 7) is 4.13. The molecule has 0 aromatic carbocycles. The topological polar surface area (TPSA) is 53.9 Å². The van der Waals surface area contributed by atoms with Crippen molar-refractivity contribution in [1.82, 2.24) is 19.9 Å². The molecule has 4 rings (SSSR count). The normalized spacial score (nSPS) is 17.6. The summed E-state index contributed by atoms with van der Waals surface area (Å²) in [5.74, 6) is 1.69. The first-order chi connectivity index (χ1) is 13.3. The van der Waals surface area contributed by atoms with E-state index in [-0.39, 0.29) is 0 Å². The minimum atomic E-state index is 0.421. The van der Waals surface area contributed by atoms with E-state index >= 15 is 0 Å². The van der Waals surface area contributed by atoms with Crippen molar-refractivity contribution < 1.29 is 0 Å². The maximum Gasteiger partial charge on any atom is 0.134 e. The number of aromatic nitrogens is 3. The van der Waals surface area contributed by atoms with Gasteiger partial charge in [0, 0.05) is 37.4 Å². The lowest BCUT2D eigenvalue weighted by molar-refractivity contribution is 0.140. The highest BCUT2D eigenvalue weighted by molar-refractivity contribution is 5.55. The Morgan fingerprint density at radius 1 is 1.04 bits per heavy atom. The quantitative estimate of drug-likeness (QED) is 0.718. The van der Waals surface area contributed by atoms with Gasteiger partial charge in [-0.3, -0.25) is 9.88 Å². The predicted octanol–water partition coefficient (Wildman–Crippen LogP) is 4.65. The minimum absolute atomic E-state index is 0.421. The molecule has 1 aliphatic heterocycles. The number of nitrogens with one attached hydrogen (secondary N) is 1. The van der Waals surface area contributed by atoms with E-state index in [1.54, 1.807) is 6.20 Å². The highest BCUT2D eigenvalue weighted by Crippen LogP contribution is 2.32. The van der Waals surface area contributed by atoms with Gasteiger partial charge >= 0.3 is 0 Å². The first kappa shape index (κ1) is 17.6. The number of hydrogen-bond acceptors (Lipinski definition) is 5. The van der Waals surface area contributed by atoms with Crippen molar-refractivity contribution in [3.63, 3.8) is 0 Å². The fourth-order valence-electron chi connectivity index (χ4n) is 3.69. The van der Waals surface area contributed by atoms with Gasteiger partial charge < -0.3 is 5.32 Å². The van der Waals surface area contributed by atoms with Crippen LogP contribution in [0.15, 0.2) is 61.2 Å². The number of anilines is 2. The summed E-state index contributed by atoms with van der Waals surface area (Å²) in [6.07, 6.45) is 11.3. The molecule has 0 spiro atoms. The fraction of sp³-hybridized carbons (Fsp3) is 0.318. The Kier molecular flexibility index (Phi) is 5.39. The standard InChI is InChI=1S/C22H25N5/c1-17-5-4-11-24-22(17)26-21-8-7-19(15-25-21)20-6-2-3-14-27(20)16-18-9-12-23-13-10-18/h4-5,7-13,15,20H,2-3,6,14,16H2,1H3,(H,24,25,26)/t20-/m0/s1. The zero-order valence-electron chi connectivity index (χ0n) is 15.7. The molecule has 3 aromatic rings. The lowest BCUT2D eigenvalue weighted by Gasteiger charge is -2.36. The van der Waals surface area contributed by atoms with Crippen LogP contribution in [0.3, 0.4) is 0 Å². The van der Waals surface area contributed by atoms with Crippen molar-refractivity contribution in [3.8, 4) is 0 Å². The van der Waals surface area contributed by atoms with Crippen molar-refractivity contribution in [2.75, 3.05) is 11.9 Å². The molecule has 5 nitrogen and oxygen atoms in total. The van der Waals surface area contributed by atoms with Gasteiger partial charge in [0.05, 0.1) is 0 Å². The molecule has 1 atom stereocenters. The summed E-state index contributed by atoms with van der Waals surface area (Å²) in [5.41, 5.74) is 3.71. The number of rotatable bonds is 5. The summed E-state index contributed by atoms with van der Waals surface area (Å²) in [6, 6.07) is 12.9. The number of likely N-dealkylation sites (tertiary alicyclic amines) is 1. The van der Waals surface area contributed by atoms with Crippen LogP contribution in [0.4, 0.5) is 11.6 Å². The summed E-state index contributed by atoms with van der Waals surface area (Å²) in [5, 5.41) is 3.31. The summed E-state index contributed by atoms with van der Waals surface area (Å²) >= 11 is 0. The second-order valence-corrected chi connectivity index (χ2v) is 7.11. The van der Waals surface area contributed by atoms with Crippen LogP contribution in [0.1, 0.15) is 42.0 Å². The van der Waals surface area contributed by atoms with E-state index < -0.39 is 0 Å². The van der Waals surface area contributed by atoms with Gasteiger partial charge in [-0.15, -0.1) is 0 Å². The molecule has 0 aliphatic carbocycles. The molecule has 0 bridgehead atoms. The Morgan fingerprint density at radius 3 is 2.70 bits per heavy atom. The molecule has 1 N–H and O–H groups in total. The SMILES string of the molecule is Cc1cccnc1Nc1ccc([C@@H]2CCCCN2Cc2ccncc2)cn1. The lowest BCUT2D eigenvalue weighted by Crippen LogP contribution is -2.33. The van der Waals surface area contributed by atoms with Crippen LogP contribution in [-0.4, -0.2) is 26.4 Å². The van der Waals surface area contributed by atoms with Gasteiger partial charge in [0.25, 0.3) is 0 Å². The van der Waals surface area contributed by atoms with Crippen LogP contribution in [0.25, 0.3) is 0 Å². The van der Waals surface area contributed by atoms with E-state index in [9.17, 15) is 0 Å². The Labute approximate surface area is 160 Å². The number of aryl methyl sites for hydroxylation is 1. The Bertz CT molecular complexity index is 863. The third-order valence-corrected chi connectivity index (χ3v) is 5.18. The molecular formula is C22H25N5. The third-order valence-electron chi connectivity index (χ3n) is 5.18. The van der Waals surface area contributed by atoms with E-state index in [2.05, 4.69) is 49.4 Å². The van der Waals surface area contributed by atoms with Gasteiger partial charge in [-0.05, 0) is 67.3 Å². The Morgan fingerprint density at radius 2 is 1.93 bits per heavy atom. The molecule has 4 heterocycles. The highest BCUT2D eigenvalue weighted by atomic mass is 15.2. The smallest absolute Gasteiger partial charge is 0.134 e. The highest BCUT2D eigenvalue weighted by Gasteiger charge is 2.24. The Hall–Kier alpha value is -2.79. The monoisotopic (exact) mass is 359 g/mol. The van der Waals surface area contributed by atoms with Crippen LogP contribution in [-0.2, 0) is 6.54 Å². The van der Waals surface area contributed by atoms with Gasteiger partial charge in [0.15, 0.2) is 0 Å². The number of hydrogen-bond donors (Lipinski definition) is 1. The summed E-state index contributed by atoms with van der Waals surface area (Å²) < 4.78 is 0. The van der Waals surface area contributed by atoms with Gasteiger partial charge in [0.1, 0.15) is 11.6 Å². The Balaban J connectivity index is 1.48. The number of nitrogens with zero attached hydrogens (tertiary/aromatic N) is 4. The molecule has 3 aromatic heterocycles. The van der Waals surface area contributed by atoms with Crippen LogP contribution in [0.5, 0.6) is 0 Å². The first-order valence-electron chi connectivity index (χ1n) is 9.57. The van der Waals surface area contributed by atoms with Gasteiger partial charge in [-0.1, -0.05) is 18.6 Å². The zero-order chi connectivity index (χ0) is 18.5. The van der Waals surface area contributed by atoms with Gasteiger partial charge in [0.2, 0.25) is 0 Å². The van der Waals surface area contributed by atoms with Gasteiger partial charge in [-0.2, -0.15) is 0 Å². The molecule has 0 saturated carbocycles. The molecule has 1 fully saturated rings. The van der Waals surface area contributed by atoms with E-state index in [0.29, 0.717) is 6.04 Å². The molecule has 1 saturated heterocycles. The minimum Gasteiger partial charge on any atom is -0.325 e. The molecule has 5 heteroatoms. The molecule has 27 heavy (non-hydrogen) atoms. The third kappa shape index (κ3) is 4.31. The number of piperidine rings is 1. The van der Waals surface area contributed by atoms with E-state index in [0.717, 1.165) is 30.3 Å². The van der Waals surface area contributed by atoms with Crippen molar-refractivity contribution in [1.29, 1.82) is 0 Å². The first-order valence-corrected chi connectivity index (χ1v) is 9.57. The lowest BCUT2D eigenvalue weighted by atomic mass is 9.96. The molecule has 0 unspecified atom stereocenters. The van der Waals surface area contributed by atoms with Crippen molar-refractivity contribution in [2.24, 2.45) is 0 Å². The van der Waals surface area contributed by atoms with Crippen LogP contribution >= 0.6 is 0 Å². The predicted molar refractivity (Wildman–Crippen MR) is 108 cm³/mol. The second-order valence-electron chi connectivity index (χ2n) is 7.11. The van der Waals surface area contributed by atoms with Crippen molar-refractivity contribution in [2.45, 2.75) is 38.8 Å². The maximum atomic E-state index is 4.64. The molecule has 1 aliphatic rings. The van der Waals surface area contributed by atoms with Crippen molar-refractivity contribution in [3.05, 3.63) is 77.9 Å². The molecule has 138 valence electrons. The second kappa shape index (κ2) is 8.27. The van der Waals surface area contributed by atoms with E-state index in [4.69, 9.17) is 0 Å². The molecule has 0 radical (unpaired) electrons. The summed E-state index contributed by atoms with van der Waals surface area (Å²) in [7, 11) is 0. The fourth-order valence-corrected chi connectivity index (χ4v) is 3.69. The average Bonchev–Trinajstić information content (AvgIpc) is 2.72. The van der Waals surface area contributed by atoms with E-state index in [1.165, 1.54) is 30.4 Å². The maximum absolute atomic E-state index is 4.64. The largest absolute Gasteiger partial charge is 0.325 e. The zero-order valence-corrected chi connectivity index (χ0v) is 15.7.